The number of ether oxygens (including phenoxy) is 3. The molecule has 0 radical (unpaired) electrons. The minimum atomic E-state index is -0.414. The van der Waals surface area contributed by atoms with E-state index < -0.39 is 6.10 Å². The maximum Gasteiger partial charge on any atom is 0.308 e. The van der Waals surface area contributed by atoms with Crippen LogP contribution in [0.2, 0.25) is 0 Å². The van der Waals surface area contributed by atoms with E-state index in [1.165, 1.54) is 0 Å². The minimum absolute atomic E-state index is 0.0327. The summed E-state index contributed by atoms with van der Waals surface area (Å²) in [6, 6.07) is 0. The second-order valence-corrected chi connectivity index (χ2v) is 11.3. The van der Waals surface area contributed by atoms with E-state index in [0.29, 0.717) is 19.3 Å². The second kappa shape index (κ2) is 16.4. The number of carbonyl (C=O) groups is 2. The normalized spacial score (nSPS) is 20.9. The molecule has 210 valence electrons. The molecule has 0 aromatic heterocycles. The molecule has 7 nitrogen and oxygen atoms in total. The van der Waals surface area contributed by atoms with Gasteiger partial charge in [-0.05, 0) is 43.9 Å². The molecule has 1 aliphatic rings. The zero-order valence-corrected chi connectivity index (χ0v) is 24.2. The fourth-order valence-electron chi connectivity index (χ4n) is 4.85. The van der Waals surface area contributed by atoms with Gasteiger partial charge in [-0.1, -0.05) is 54.5 Å². The fraction of sp³-hybridized carbons (Fsp3) is 0.862. The average molecular weight is 512 g/mol. The molecule has 0 unspecified atom stereocenters. The third-order valence-electron chi connectivity index (χ3n) is 7.65. The van der Waals surface area contributed by atoms with Crippen LogP contribution in [0.1, 0.15) is 87.0 Å². The van der Waals surface area contributed by atoms with Gasteiger partial charge < -0.3 is 24.2 Å². The number of methoxy groups -OCH3 is 2. The minimum Gasteiger partial charge on any atom is -0.462 e. The lowest BCUT2D eigenvalue weighted by Gasteiger charge is -2.34. The van der Waals surface area contributed by atoms with Crippen LogP contribution in [0.15, 0.2) is 12.3 Å². The Hall–Kier alpha value is -1.44. The van der Waals surface area contributed by atoms with E-state index >= 15 is 0 Å². The molecular weight excluding hydrogens is 458 g/mol. The molecule has 1 fully saturated rings. The van der Waals surface area contributed by atoms with Gasteiger partial charge in [-0.15, -0.1) is 0 Å². The fourth-order valence-corrected chi connectivity index (χ4v) is 4.85. The van der Waals surface area contributed by atoms with Crippen molar-refractivity contribution < 1.29 is 28.9 Å². The van der Waals surface area contributed by atoms with Crippen LogP contribution in [0.3, 0.4) is 0 Å². The summed E-state index contributed by atoms with van der Waals surface area (Å²) in [5.74, 6) is 0.0866. The Morgan fingerprint density at radius 3 is 2.19 bits per heavy atom. The highest BCUT2D eigenvalue weighted by atomic mass is 16.5. The molecular formula is C29H53NO6. The van der Waals surface area contributed by atoms with Crippen molar-refractivity contribution in [2.24, 2.45) is 29.6 Å². The monoisotopic (exact) mass is 511 g/mol. The van der Waals surface area contributed by atoms with Gasteiger partial charge in [0.25, 0.3) is 0 Å². The molecule has 0 aromatic carbocycles. The predicted molar refractivity (Wildman–Crippen MR) is 143 cm³/mol. The highest BCUT2D eigenvalue weighted by molar-refractivity contribution is 5.77. The third kappa shape index (κ3) is 10.5. The number of aliphatic hydroxyl groups is 1. The van der Waals surface area contributed by atoms with Gasteiger partial charge in [0.05, 0.1) is 24.2 Å². The standard InChI is InChI=1S/C29H53NO6/c1-19(2)24(31)18-26(34-8)21(5)13-14-25(36-29(33)20(3)4)23(7)28(35-9)22(6)15-17-30-16-11-10-12-27(30)32/h15,17,19-26,28,31H,10-14,16,18H2,1-9H3/b17-15+/t21-,22+,23-,24-,25+,26-,28+/m0/s1. The van der Waals surface area contributed by atoms with Crippen LogP contribution in [0, 0.1) is 29.6 Å². The van der Waals surface area contributed by atoms with Crippen molar-refractivity contribution in [2.75, 3.05) is 20.8 Å². The number of piperidine rings is 1. The summed E-state index contributed by atoms with van der Waals surface area (Å²) in [6.07, 6.45) is 7.60. The maximum absolute atomic E-state index is 12.6. The van der Waals surface area contributed by atoms with E-state index in [4.69, 9.17) is 14.2 Å². The van der Waals surface area contributed by atoms with E-state index in [1.54, 1.807) is 19.1 Å². The van der Waals surface area contributed by atoms with Gasteiger partial charge in [0.1, 0.15) is 6.10 Å². The van der Waals surface area contributed by atoms with Crippen molar-refractivity contribution in [1.82, 2.24) is 4.90 Å². The Labute approximate surface area is 219 Å². The lowest BCUT2D eigenvalue weighted by molar-refractivity contribution is -0.159. The van der Waals surface area contributed by atoms with Crippen LogP contribution < -0.4 is 0 Å². The number of carbonyl (C=O) groups excluding carboxylic acids is 2. The van der Waals surface area contributed by atoms with Crippen molar-refractivity contribution in [2.45, 2.75) is 111 Å². The van der Waals surface area contributed by atoms with Gasteiger partial charge in [-0.3, -0.25) is 9.59 Å². The summed E-state index contributed by atoms with van der Waals surface area (Å²) in [4.78, 5) is 26.5. The van der Waals surface area contributed by atoms with E-state index in [2.05, 4.69) is 20.8 Å². The number of amides is 1. The highest BCUT2D eigenvalue weighted by Gasteiger charge is 2.33. The summed E-state index contributed by atoms with van der Waals surface area (Å²) >= 11 is 0. The van der Waals surface area contributed by atoms with Crippen LogP contribution in [0.25, 0.3) is 0 Å². The van der Waals surface area contributed by atoms with Crippen LogP contribution in [0.4, 0.5) is 0 Å². The van der Waals surface area contributed by atoms with Crippen LogP contribution in [-0.4, -0.2) is 67.1 Å². The Morgan fingerprint density at radius 1 is 1.00 bits per heavy atom. The zero-order chi connectivity index (χ0) is 27.4. The summed E-state index contributed by atoms with van der Waals surface area (Å²) in [5.41, 5.74) is 0. The molecule has 1 heterocycles. The smallest absolute Gasteiger partial charge is 0.308 e. The molecule has 7 heteroatoms. The van der Waals surface area contributed by atoms with Crippen LogP contribution >= 0.6 is 0 Å². The molecule has 1 N–H and O–H groups in total. The molecule has 0 aromatic rings. The number of aliphatic hydroxyl groups excluding tert-OH is 1. The van der Waals surface area contributed by atoms with E-state index in [9.17, 15) is 14.7 Å². The largest absolute Gasteiger partial charge is 0.462 e. The number of esters is 1. The molecule has 1 aliphatic heterocycles. The second-order valence-electron chi connectivity index (χ2n) is 11.3. The lowest BCUT2D eigenvalue weighted by Crippen LogP contribution is -2.39. The molecule has 7 atom stereocenters. The van der Waals surface area contributed by atoms with Crippen molar-refractivity contribution in [3.8, 4) is 0 Å². The number of hydrogen-bond donors (Lipinski definition) is 1. The summed E-state index contributed by atoms with van der Waals surface area (Å²) in [7, 11) is 3.38. The Balaban J connectivity index is 2.94. The van der Waals surface area contributed by atoms with Crippen molar-refractivity contribution in [3.63, 3.8) is 0 Å². The van der Waals surface area contributed by atoms with Crippen molar-refractivity contribution >= 4 is 11.9 Å². The lowest BCUT2D eigenvalue weighted by atomic mass is 9.84. The van der Waals surface area contributed by atoms with Gasteiger partial charge in [0.2, 0.25) is 5.91 Å². The summed E-state index contributed by atoms with van der Waals surface area (Å²) in [5, 5.41) is 10.4. The molecule has 0 spiro atoms. The summed E-state index contributed by atoms with van der Waals surface area (Å²) < 4.78 is 17.6. The van der Waals surface area contributed by atoms with Gasteiger partial charge in [-0.2, -0.15) is 0 Å². The molecule has 0 saturated carbocycles. The molecule has 36 heavy (non-hydrogen) atoms. The van der Waals surface area contributed by atoms with Crippen LogP contribution in [0.5, 0.6) is 0 Å². The van der Waals surface area contributed by atoms with Crippen molar-refractivity contribution in [3.05, 3.63) is 12.3 Å². The Morgan fingerprint density at radius 2 is 1.67 bits per heavy atom. The Bertz CT molecular complexity index is 679. The topological polar surface area (TPSA) is 85.3 Å². The van der Waals surface area contributed by atoms with Crippen molar-refractivity contribution in [1.29, 1.82) is 0 Å². The first-order valence-corrected chi connectivity index (χ1v) is 13.8. The van der Waals surface area contributed by atoms with Crippen LogP contribution in [-0.2, 0) is 23.8 Å². The van der Waals surface area contributed by atoms with Gasteiger partial charge in [0.15, 0.2) is 0 Å². The molecule has 0 bridgehead atoms. The van der Waals surface area contributed by atoms with E-state index in [-0.39, 0.29) is 59.8 Å². The zero-order valence-electron chi connectivity index (χ0n) is 24.2. The maximum atomic E-state index is 12.6. The SMILES string of the molecule is CO[C@@H]([C@@H](C)[C@@H](CC[C@H](C)[C@H](C[C@H](O)C(C)C)OC)OC(=O)C(C)C)[C@H](C)/C=C/N1CCCCC1=O. The molecule has 1 amide bonds. The number of nitrogens with zero attached hydrogens (tertiary/aromatic N) is 1. The van der Waals surface area contributed by atoms with Gasteiger partial charge in [-0.25, -0.2) is 0 Å². The predicted octanol–water partition coefficient (Wildman–Crippen LogP) is 5.21. The third-order valence-corrected chi connectivity index (χ3v) is 7.65. The number of rotatable bonds is 16. The number of likely N-dealkylation sites (tertiary alicyclic amines) is 1. The van der Waals surface area contributed by atoms with Gasteiger partial charge in [0, 0.05) is 45.2 Å². The van der Waals surface area contributed by atoms with E-state index in [1.807, 2.05) is 40.0 Å². The van der Waals surface area contributed by atoms with Gasteiger partial charge >= 0.3 is 5.97 Å². The molecule has 1 saturated heterocycles. The van der Waals surface area contributed by atoms with E-state index in [0.717, 1.165) is 25.8 Å². The quantitative estimate of drug-likeness (QED) is 0.287. The first-order valence-electron chi connectivity index (χ1n) is 13.8. The summed E-state index contributed by atoms with van der Waals surface area (Å²) in [6.45, 7) is 14.7. The molecule has 1 rings (SSSR count). The number of hydrogen-bond acceptors (Lipinski definition) is 6. The first-order chi connectivity index (χ1) is 16.9. The average Bonchev–Trinajstić information content (AvgIpc) is 2.84. The Kier molecular flexibility index (Phi) is 14.9. The first kappa shape index (κ1) is 32.6. The molecule has 0 aliphatic carbocycles. The highest BCUT2D eigenvalue weighted by Crippen LogP contribution is 2.29.